The molecule has 0 aliphatic carbocycles. The van der Waals surface area contributed by atoms with E-state index in [1.165, 1.54) is 16.8 Å². The van der Waals surface area contributed by atoms with E-state index in [-0.39, 0.29) is 17.8 Å². The highest BCUT2D eigenvalue weighted by Gasteiger charge is 2.21. The lowest BCUT2D eigenvalue weighted by atomic mass is 10.0. The first-order valence-corrected chi connectivity index (χ1v) is 11.0. The molecule has 3 aromatic rings. The number of amides is 1. The van der Waals surface area contributed by atoms with Gasteiger partial charge in [0.05, 0.1) is 6.04 Å². The van der Waals surface area contributed by atoms with Crippen LogP contribution in [0.15, 0.2) is 60.7 Å². The van der Waals surface area contributed by atoms with Crippen molar-refractivity contribution in [2.45, 2.75) is 25.8 Å². The maximum absolute atomic E-state index is 14.0. The molecule has 0 aromatic heterocycles. The zero-order valence-corrected chi connectivity index (χ0v) is 18.3. The van der Waals surface area contributed by atoms with Crippen molar-refractivity contribution in [2.75, 3.05) is 38.1 Å². The van der Waals surface area contributed by atoms with Gasteiger partial charge in [-0.3, -0.25) is 4.79 Å². The number of aryl methyl sites for hydroxylation is 1. The zero-order valence-electron chi connectivity index (χ0n) is 18.3. The van der Waals surface area contributed by atoms with Crippen LogP contribution in [0.4, 0.5) is 10.1 Å². The minimum Gasteiger partial charge on any atom is -0.369 e. The van der Waals surface area contributed by atoms with Gasteiger partial charge in [-0.2, -0.15) is 0 Å². The highest BCUT2D eigenvalue weighted by molar-refractivity contribution is 5.83. The Bertz CT molecular complexity index is 1060. The van der Waals surface area contributed by atoms with Gasteiger partial charge in [0, 0.05) is 43.9 Å². The second-order valence-corrected chi connectivity index (χ2v) is 8.46. The summed E-state index contributed by atoms with van der Waals surface area (Å²) in [6.45, 7) is 5.68. The largest absolute Gasteiger partial charge is 0.369 e. The van der Waals surface area contributed by atoms with Gasteiger partial charge in [-0.15, -0.1) is 0 Å². The van der Waals surface area contributed by atoms with Crippen LogP contribution in [0, 0.1) is 5.82 Å². The molecule has 162 valence electrons. The third-order valence-electron chi connectivity index (χ3n) is 6.13. The van der Waals surface area contributed by atoms with E-state index in [2.05, 4.69) is 52.5 Å². The molecule has 3 aromatic carbocycles. The Hall–Kier alpha value is -2.92. The zero-order chi connectivity index (χ0) is 21.8. The van der Waals surface area contributed by atoms with Crippen molar-refractivity contribution in [3.8, 4) is 0 Å². The molecular weight excluding hydrogens is 389 g/mol. The molecule has 0 bridgehead atoms. The van der Waals surface area contributed by atoms with E-state index in [4.69, 9.17) is 0 Å². The van der Waals surface area contributed by atoms with Crippen LogP contribution >= 0.6 is 0 Å². The molecule has 1 amide bonds. The van der Waals surface area contributed by atoms with Crippen LogP contribution in [0.2, 0.25) is 0 Å². The van der Waals surface area contributed by atoms with Crippen molar-refractivity contribution in [2.24, 2.45) is 0 Å². The minimum atomic E-state index is -0.273. The molecule has 5 heteroatoms. The summed E-state index contributed by atoms with van der Waals surface area (Å²) in [4.78, 5) is 17.2. The van der Waals surface area contributed by atoms with Crippen LogP contribution in [0.25, 0.3) is 10.8 Å². The summed E-state index contributed by atoms with van der Waals surface area (Å²) in [5, 5.41) is 5.46. The number of nitrogens with one attached hydrogen (secondary N) is 1. The topological polar surface area (TPSA) is 35.6 Å². The first-order valence-electron chi connectivity index (χ1n) is 11.0. The van der Waals surface area contributed by atoms with E-state index >= 15 is 0 Å². The molecule has 0 radical (unpaired) electrons. The van der Waals surface area contributed by atoms with Crippen molar-refractivity contribution in [3.63, 3.8) is 0 Å². The predicted molar refractivity (Wildman–Crippen MR) is 125 cm³/mol. The van der Waals surface area contributed by atoms with Gasteiger partial charge in [-0.25, -0.2) is 4.39 Å². The third kappa shape index (κ3) is 5.23. The molecule has 1 unspecified atom stereocenters. The molecule has 31 heavy (non-hydrogen) atoms. The van der Waals surface area contributed by atoms with Gasteiger partial charge in [0.25, 0.3) is 0 Å². The van der Waals surface area contributed by atoms with Crippen LogP contribution in [-0.2, 0) is 11.2 Å². The van der Waals surface area contributed by atoms with Crippen molar-refractivity contribution < 1.29 is 9.18 Å². The number of halogens is 1. The normalized spacial score (nSPS) is 15.8. The van der Waals surface area contributed by atoms with E-state index in [0.29, 0.717) is 12.8 Å². The number of carbonyl (C=O) groups is 1. The average Bonchev–Trinajstić information content (AvgIpc) is 2.78. The lowest BCUT2D eigenvalue weighted by Gasteiger charge is -2.36. The van der Waals surface area contributed by atoms with Crippen molar-refractivity contribution in [1.82, 2.24) is 10.2 Å². The lowest BCUT2D eigenvalue weighted by Crippen LogP contribution is -2.45. The van der Waals surface area contributed by atoms with Gasteiger partial charge < -0.3 is 15.1 Å². The maximum Gasteiger partial charge on any atom is 0.220 e. The number of anilines is 1. The summed E-state index contributed by atoms with van der Waals surface area (Å²) in [5.41, 5.74) is 2.99. The quantitative estimate of drug-likeness (QED) is 0.637. The number of hydrogen-bond acceptors (Lipinski definition) is 3. The Kier molecular flexibility index (Phi) is 6.52. The summed E-state index contributed by atoms with van der Waals surface area (Å²) in [6.07, 6.45) is 1.08. The van der Waals surface area contributed by atoms with E-state index < -0.39 is 0 Å². The number of likely N-dealkylation sites (N-methyl/N-ethyl adjacent to an activating group) is 1. The monoisotopic (exact) mass is 419 g/mol. The molecule has 1 atom stereocenters. The van der Waals surface area contributed by atoms with E-state index in [1.807, 2.05) is 25.1 Å². The van der Waals surface area contributed by atoms with Gasteiger partial charge >= 0.3 is 0 Å². The van der Waals surface area contributed by atoms with E-state index in [0.717, 1.165) is 43.0 Å². The average molecular weight is 420 g/mol. The third-order valence-corrected chi connectivity index (χ3v) is 6.13. The van der Waals surface area contributed by atoms with Gasteiger partial charge in [-0.05, 0) is 54.9 Å². The SMILES string of the molecule is CC(NC(=O)CCc1ccc2ccccc2c1)c1cc(F)ccc1N1CCN(C)CC1. The second-order valence-electron chi connectivity index (χ2n) is 8.46. The molecule has 1 saturated heterocycles. The summed E-state index contributed by atoms with van der Waals surface area (Å²) in [5.74, 6) is -0.292. The van der Waals surface area contributed by atoms with Crippen LogP contribution < -0.4 is 10.2 Å². The maximum atomic E-state index is 14.0. The van der Waals surface area contributed by atoms with Crippen LogP contribution in [0.3, 0.4) is 0 Å². The molecule has 4 nitrogen and oxygen atoms in total. The van der Waals surface area contributed by atoms with Crippen LogP contribution in [0.5, 0.6) is 0 Å². The van der Waals surface area contributed by atoms with Gasteiger partial charge in [0.1, 0.15) is 5.82 Å². The second kappa shape index (κ2) is 9.48. The van der Waals surface area contributed by atoms with E-state index in [1.54, 1.807) is 6.07 Å². The highest BCUT2D eigenvalue weighted by Crippen LogP contribution is 2.28. The Morgan fingerprint density at radius 2 is 1.74 bits per heavy atom. The molecule has 1 N–H and O–H groups in total. The lowest BCUT2D eigenvalue weighted by molar-refractivity contribution is -0.121. The molecule has 0 saturated carbocycles. The summed E-state index contributed by atoms with van der Waals surface area (Å²) < 4.78 is 14.0. The summed E-state index contributed by atoms with van der Waals surface area (Å²) in [7, 11) is 2.11. The Morgan fingerprint density at radius 1 is 1.00 bits per heavy atom. The number of carbonyl (C=O) groups excluding carboxylic acids is 1. The summed E-state index contributed by atoms with van der Waals surface area (Å²) in [6, 6.07) is 19.2. The molecule has 1 fully saturated rings. The fourth-order valence-corrected chi connectivity index (χ4v) is 4.25. The molecular formula is C26H30FN3O. The Morgan fingerprint density at radius 3 is 2.52 bits per heavy atom. The molecule has 4 rings (SSSR count). The molecule has 1 aliphatic rings. The Balaban J connectivity index is 1.40. The molecule has 1 aliphatic heterocycles. The minimum absolute atomic E-state index is 0.0192. The van der Waals surface area contributed by atoms with Gasteiger partial charge in [0.2, 0.25) is 5.91 Å². The van der Waals surface area contributed by atoms with Crippen molar-refractivity contribution in [3.05, 3.63) is 77.6 Å². The molecule has 0 spiro atoms. The van der Waals surface area contributed by atoms with Crippen LogP contribution in [-0.4, -0.2) is 44.0 Å². The fourth-order valence-electron chi connectivity index (χ4n) is 4.25. The first-order chi connectivity index (χ1) is 15.0. The number of benzene rings is 3. The number of fused-ring (bicyclic) bond motifs is 1. The van der Waals surface area contributed by atoms with Gasteiger partial charge in [0.15, 0.2) is 0 Å². The predicted octanol–water partition coefficient (Wildman–Crippen LogP) is 4.54. The number of nitrogens with zero attached hydrogens (tertiary/aromatic N) is 2. The number of hydrogen-bond donors (Lipinski definition) is 1. The standard InChI is InChI=1S/C26H30FN3O/c1-19(24-18-23(27)10-11-25(24)30-15-13-29(2)14-16-30)28-26(31)12-8-20-7-9-21-5-3-4-6-22(21)17-20/h3-7,9-11,17-19H,8,12-16H2,1-2H3,(H,28,31). The summed E-state index contributed by atoms with van der Waals surface area (Å²) >= 11 is 0. The van der Waals surface area contributed by atoms with Crippen molar-refractivity contribution in [1.29, 1.82) is 0 Å². The molecule has 1 heterocycles. The van der Waals surface area contributed by atoms with Crippen molar-refractivity contribution >= 4 is 22.4 Å². The van der Waals surface area contributed by atoms with Crippen LogP contribution in [0.1, 0.15) is 30.5 Å². The highest BCUT2D eigenvalue weighted by atomic mass is 19.1. The fraction of sp³-hybridized carbons (Fsp3) is 0.346. The number of rotatable bonds is 6. The Labute approximate surface area is 183 Å². The van der Waals surface area contributed by atoms with Gasteiger partial charge in [-0.1, -0.05) is 42.5 Å². The number of piperazine rings is 1. The first kappa shape index (κ1) is 21.3. The van der Waals surface area contributed by atoms with E-state index in [9.17, 15) is 9.18 Å². The smallest absolute Gasteiger partial charge is 0.220 e.